The summed E-state index contributed by atoms with van der Waals surface area (Å²) in [5.74, 6) is 0.362. The summed E-state index contributed by atoms with van der Waals surface area (Å²) >= 11 is 0. The Morgan fingerprint density at radius 3 is 2.84 bits per heavy atom. The lowest BCUT2D eigenvalue weighted by Gasteiger charge is -2.14. The van der Waals surface area contributed by atoms with E-state index in [1.165, 1.54) is 0 Å². The number of hydrogen-bond donors (Lipinski definition) is 1. The molecule has 7 nitrogen and oxygen atoms in total. The van der Waals surface area contributed by atoms with E-state index in [0.29, 0.717) is 18.3 Å². The highest BCUT2D eigenvalue weighted by molar-refractivity contribution is 6.03. The van der Waals surface area contributed by atoms with Crippen molar-refractivity contribution < 1.29 is 9.59 Å². The molecule has 2 aromatic rings. The fourth-order valence-corrected chi connectivity index (χ4v) is 2.87. The van der Waals surface area contributed by atoms with Gasteiger partial charge in [-0.2, -0.15) is 5.10 Å². The average Bonchev–Trinajstić information content (AvgIpc) is 3.15. The lowest BCUT2D eigenvalue weighted by Crippen LogP contribution is -2.28. The summed E-state index contributed by atoms with van der Waals surface area (Å²) < 4.78 is 1.83. The van der Waals surface area contributed by atoms with Gasteiger partial charge in [-0.15, -0.1) is 0 Å². The maximum atomic E-state index is 12.4. The quantitative estimate of drug-likeness (QED) is 0.904. The summed E-state index contributed by atoms with van der Waals surface area (Å²) in [5, 5.41) is 7.08. The van der Waals surface area contributed by atoms with E-state index in [1.807, 2.05) is 23.9 Å². The van der Waals surface area contributed by atoms with Gasteiger partial charge in [-0.3, -0.25) is 14.3 Å². The van der Waals surface area contributed by atoms with Gasteiger partial charge in [0.2, 0.25) is 11.8 Å². The van der Waals surface area contributed by atoms with Crippen LogP contribution in [0.15, 0.2) is 30.7 Å². The van der Waals surface area contributed by atoms with Crippen molar-refractivity contribution in [3.63, 3.8) is 0 Å². The number of amides is 2. The number of nitrogens with zero attached hydrogens (tertiary/aromatic N) is 4. The number of pyridine rings is 1. The van der Waals surface area contributed by atoms with Crippen LogP contribution >= 0.6 is 0 Å². The van der Waals surface area contributed by atoms with Crippen molar-refractivity contribution in [2.45, 2.75) is 33.7 Å². The second kappa shape index (κ2) is 7.04. The molecule has 132 valence electrons. The van der Waals surface area contributed by atoms with Gasteiger partial charge in [0, 0.05) is 31.9 Å². The molecule has 1 aliphatic heterocycles. The molecule has 2 aromatic heterocycles. The fourth-order valence-electron chi connectivity index (χ4n) is 2.87. The summed E-state index contributed by atoms with van der Waals surface area (Å²) in [6.45, 7) is 7.32. The predicted octanol–water partition coefficient (Wildman–Crippen LogP) is 2.23. The molecular formula is C18H23N5O2. The average molecular weight is 341 g/mol. The first-order valence-electron chi connectivity index (χ1n) is 8.48. The van der Waals surface area contributed by atoms with Gasteiger partial charge in [-0.1, -0.05) is 19.9 Å². The maximum Gasteiger partial charge on any atom is 0.230 e. The van der Waals surface area contributed by atoms with Gasteiger partial charge in [-0.25, -0.2) is 4.98 Å². The second-order valence-electron chi connectivity index (χ2n) is 6.93. The zero-order valence-electron chi connectivity index (χ0n) is 14.8. The van der Waals surface area contributed by atoms with Crippen LogP contribution in [0.1, 0.15) is 25.8 Å². The fraction of sp³-hybridized carbons (Fsp3) is 0.444. The number of rotatable bonds is 5. The van der Waals surface area contributed by atoms with Gasteiger partial charge >= 0.3 is 0 Å². The van der Waals surface area contributed by atoms with Crippen LogP contribution in [0.4, 0.5) is 11.5 Å². The summed E-state index contributed by atoms with van der Waals surface area (Å²) in [5.41, 5.74) is 1.77. The molecule has 1 fully saturated rings. The number of aromatic nitrogens is 3. The molecule has 1 aliphatic rings. The highest BCUT2D eigenvalue weighted by atomic mass is 16.2. The number of carbonyl (C=O) groups excluding carboxylic acids is 2. The van der Waals surface area contributed by atoms with Crippen molar-refractivity contribution in [2.24, 2.45) is 11.8 Å². The predicted molar refractivity (Wildman–Crippen MR) is 95.1 cm³/mol. The molecule has 1 atom stereocenters. The van der Waals surface area contributed by atoms with Crippen LogP contribution in [0.5, 0.6) is 0 Å². The third-order valence-electron chi connectivity index (χ3n) is 4.14. The molecule has 1 N–H and O–H groups in total. The van der Waals surface area contributed by atoms with Crippen molar-refractivity contribution in [1.82, 2.24) is 14.8 Å². The van der Waals surface area contributed by atoms with Crippen LogP contribution in [0.2, 0.25) is 0 Å². The van der Waals surface area contributed by atoms with Gasteiger partial charge in [0.1, 0.15) is 5.82 Å². The molecule has 0 radical (unpaired) electrons. The van der Waals surface area contributed by atoms with E-state index >= 15 is 0 Å². The van der Waals surface area contributed by atoms with Gasteiger partial charge in [-0.05, 0) is 24.5 Å². The molecule has 0 unspecified atom stereocenters. The lowest BCUT2D eigenvalue weighted by atomic mass is 10.1. The Labute approximate surface area is 147 Å². The van der Waals surface area contributed by atoms with Crippen LogP contribution < -0.4 is 10.2 Å². The number of anilines is 2. The highest BCUT2D eigenvalue weighted by Crippen LogP contribution is 2.25. The minimum absolute atomic E-state index is 0.0545. The van der Waals surface area contributed by atoms with Crippen molar-refractivity contribution >= 4 is 23.3 Å². The molecule has 0 aromatic carbocycles. The zero-order chi connectivity index (χ0) is 18.0. The van der Waals surface area contributed by atoms with Crippen LogP contribution in [-0.4, -0.2) is 33.1 Å². The molecular weight excluding hydrogens is 318 g/mol. The Balaban J connectivity index is 1.64. The molecule has 0 saturated carbocycles. The Kier molecular flexibility index (Phi) is 4.83. The second-order valence-corrected chi connectivity index (χ2v) is 6.93. The van der Waals surface area contributed by atoms with E-state index in [2.05, 4.69) is 29.2 Å². The van der Waals surface area contributed by atoms with Gasteiger partial charge in [0.05, 0.1) is 17.8 Å². The van der Waals surface area contributed by atoms with Gasteiger partial charge in [0.15, 0.2) is 0 Å². The van der Waals surface area contributed by atoms with Crippen molar-refractivity contribution in [1.29, 1.82) is 0 Å². The third-order valence-corrected chi connectivity index (χ3v) is 4.14. The van der Waals surface area contributed by atoms with Crippen molar-refractivity contribution in [2.75, 3.05) is 16.8 Å². The molecule has 0 spiro atoms. The summed E-state index contributed by atoms with van der Waals surface area (Å²) in [7, 11) is 0. The lowest BCUT2D eigenvalue weighted by molar-refractivity contribution is -0.122. The molecule has 25 heavy (non-hydrogen) atoms. The van der Waals surface area contributed by atoms with E-state index in [-0.39, 0.29) is 24.2 Å². The topological polar surface area (TPSA) is 80.1 Å². The number of aryl methyl sites for hydroxylation is 1. The summed E-state index contributed by atoms with van der Waals surface area (Å²) in [4.78, 5) is 30.5. The van der Waals surface area contributed by atoms with E-state index in [0.717, 1.165) is 17.8 Å². The Morgan fingerprint density at radius 1 is 1.36 bits per heavy atom. The molecule has 1 saturated heterocycles. The molecule has 2 amide bonds. The first-order chi connectivity index (χ1) is 11.9. The Morgan fingerprint density at radius 2 is 2.16 bits per heavy atom. The molecule has 3 rings (SSSR count). The molecule has 0 aliphatic carbocycles. The van der Waals surface area contributed by atoms with E-state index in [9.17, 15) is 9.59 Å². The Bertz CT molecular complexity index is 766. The van der Waals surface area contributed by atoms with Crippen molar-refractivity contribution in [3.05, 3.63) is 36.3 Å². The third kappa shape index (κ3) is 4.04. The summed E-state index contributed by atoms with van der Waals surface area (Å²) in [6, 6.07) is 3.65. The normalized spacial score (nSPS) is 17.4. The standard InChI is InChI=1S/C18H23N5O2/c1-12(2)9-22-11-15(8-20-22)23-10-14(6-17(23)24)18(25)21-16-5-4-13(3)7-19-16/h4-5,7-8,11-12,14H,6,9-10H2,1-3H3,(H,19,21,25)/t14-/m0/s1. The minimum atomic E-state index is -0.385. The van der Waals surface area contributed by atoms with Crippen LogP contribution in [0.3, 0.4) is 0 Å². The number of hydrogen-bond acceptors (Lipinski definition) is 4. The zero-order valence-corrected chi connectivity index (χ0v) is 14.8. The SMILES string of the molecule is Cc1ccc(NC(=O)[C@H]2CC(=O)N(c3cnn(CC(C)C)c3)C2)nc1. The Hall–Kier alpha value is -2.70. The monoisotopic (exact) mass is 341 g/mol. The van der Waals surface area contributed by atoms with Crippen LogP contribution in [-0.2, 0) is 16.1 Å². The summed E-state index contributed by atoms with van der Waals surface area (Å²) in [6.07, 6.45) is 5.44. The largest absolute Gasteiger partial charge is 0.310 e. The molecule has 7 heteroatoms. The van der Waals surface area contributed by atoms with E-state index < -0.39 is 0 Å². The first kappa shape index (κ1) is 17.1. The maximum absolute atomic E-state index is 12.4. The number of carbonyl (C=O) groups is 2. The van der Waals surface area contributed by atoms with E-state index in [4.69, 9.17) is 0 Å². The highest BCUT2D eigenvalue weighted by Gasteiger charge is 2.35. The van der Waals surface area contributed by atoms with Gasteiger partial charge in [0.25, 0.3) is 0 Å². The van der Waals surface area contributed by atoms with Crippen molar-refractivity contribution in [3.8, 4) is 0 Å². The van der Waals surface area contributed by atoms with E-state index in [1.54, 1.807) is 23.4 Å². The molecule has 0 bridgehead atoms. The smallest absolute Gasteiger partial charge is 0.230 e. The number of nitrogens with one attached hydrogen (secondary N) is 1. The molecule has 3 heterocycles. The van der Waals surface area contributed by atoms with Crippen LogP contribution in [0, 0.1) is 18.8 Å². The minimum Gasteiger partial charge on any atom is -0.310 e. The first-order valence-corrected chi connectivity index (χ1v) is 8.48. The van der Waals surface area contributed by atoms with Crippen LogP contribution in [0.25, 0.3) is 0 Å². The van der Waals surface area contributed by atoms with Gasteiger partial charge < -0.3 is 10.2 Å².